The maximum atomic E-state index is 12.7. The van der Waals surface area contributed by atoms with Crippen LogP contribution in [0.4, 0.5) is 13.2 Å². The Morgan fingerprint density at radius 3 is 1.23 bits per heavy atom. The molecule has 318 valence electrons. The summed E-state index contributed by atoms with van der Waals surface area (Å²) in [5.74, 6) is 13.2. The highest BCUT2D eigenvalue weighted by Gasteiger charge is 2.10. The summed E-state index contributed by atoms with van der Waals surface area (Å²) in [4.78, 5) is 0.396. The van der Waals surface area contributed by atoms with Gasteiger partial charge in [-0.2, -0.15) is 0 Å². The summed E-state index contributed by atoms with van der Waals surface area (Å²) in [5.41, 5.74) is 0. The van der Waals surface area contributed by atoms with E-state index in [1.54, 1.807) is 24.3 Å². The molecule has 0 saturated heterocycles. The zero-order chi connectivity index (χ0) is 42.3. The van der Waals surface area contributed by atoms with E-state index >= 15 is 0 Å². The number of halogens is 4. The van der Waals surface area contributed by atoms with Crippen LogP contribution in [0.2, 0.25) is 0 Å². The largest absolute Gasteiger partial charge is 0.491 e. The van der Waals surface area contributed by atoms with Gasteiger partial charge in [0.15, 0.2) is 0 Å². The van der Waals surface area contributed by atoms with E-state index in [0.29, 0.717) is 60.8 Å². The van der Waals surface area contributed by atoms with Gasteiger partial charge >= 0.3 is 0 Å². The first-order valence-electron chi connectivity index (χ1n) is 19.0. The molecule has 8 nitrogen and oxygen atoms in total. The number of ether oxygens (including phenoxy) is 3. The van der Waals surface area contributed by atoms with E-state index < -0.39 is 18.3 Å². The lowest BCUT2D eigenvalue weighted by Crippen LogP contribution is -2.18. The van der Waals surface area contributed by atoms with Gasteiger partial charge in [0, 0.05) is 40.4 Å². The van der Waals surface area contributed by atoms with Crippen molar-refractivity contribution in [3.63, 3.8) is 0 Å². The normalized spacial score (nSPS) is 13.5. The molecule has 13 heteroatoms. The van der Waals surface area contributed by atoms with Gasteiger partial charge in [-0.05, 0) is 111 Å². The molecule has 0 aliphatic heterocycles. The van der Waals surface area contributed by atoms with Crippen molar-refractivity contribution in [1.82, 2.24) is 0 Å². The Morgan fingerprint density at radius 1 is 0.579 bits per heavy atom. The first kappa shape index (κ1) is 51.7. The Balaban J connectivity index is 0.000000841. The molecule has 0 amide bonds. The Bertz CT molecular complexity index is 1570. The smallest absolute Gasteiger partial charge is 0.123 e. The van der Waals surface area contributed by atoms with Gasteiger partial charge in [-0.25, -0.2) is 13.2 Å². The Morgan fingerprint density at radius 2 is 0.912 bits per heavy atom. The van der Waals surface area contributed by atoms with Crippen LogP contribution in [-0.4, -0.2) is 76.6 Å². The second-order valence-corrected chi connectivity index (χ2v) is 15.2. The van der Waals surface area contributed by atoms with Crippen molar-refractivity contribution in [3.05, 3.63) is 90.2 Å². The highest BCUT2D eigenvalue weighted by molar-refractivity contribution is 9.09. The average molecular weight is 888 g/mol. The van der Waals surface area contributed by atoms with Crippen molar-refractivity contribution >= 4 is 25.4 Å². The zero-order valence-electron chi connectivity index (χ0n) is 33.1. The second-order valence-electron chi connectivity index (χ2n) is 13.3. The first-order chi connectivity index (χ1) is 27.3. The third-order valence-corrected chi connectivity index (χ3v) is 8.50. The maximum Gasteiger partial charge on any atom is 0.123 e. The Kier molecular flexibility index (Phi) is 29.6. The van der Waals surface area contributed by atoms with Crippen molar-refractivity contribution in [3.8, 4) is 40.9 Å². The Hall–Kier alpha value is -3.32. The lowest BCUT2D eigenvalue weighted by Gasteiger charge is -2.13. The number of alkyl halides is 1. The standard InChI is InChI=1S/C16H22FO3P.C16H21FO3.C12H16BrFO2.H2/c1-13(4-2-3-11-20-21)5-8-15(18)12-19-16-9-6-14(17)7-10-16;1-13(4-2-3-11-18)5-8-15(19)12-20-16-9-6-14(17)7-10-16;1-9(13)2-5-11(15)8-16-12-6-3-10(14)4-7-12;/h6-7,9-10,13,15,18H,3,5,8,11-12,21H2,1H3;6-7,9-10,13,15,18-19H,3,5,8,11-12H2,1H3;3-4,6-7,9,11,15H,2,5,8H2,1H3;1H/t;13?,15-;9?,11-;/m.00./s1/i;;;1+2. The molecule has 7 atom stereocenters. The van der Waals surface area contributed by atoms with Crippen LogP contribution in [0.3, 0.4) is 0 Å². The third kappa shape index (κ3) is 29.5. The summed E-state index contributed by atoms with van der Waals surface area (Å²) in [6, 6.07) is 17.2. The lowest BCUT2D eigenvalue weighted by molar-refractivity contribution is 0.0960. The van der Waals surface area contributed by atoms with E-state index in [1.807, 2.05) is 20.8 Å². The molecule has 0 heterocycles. The summed E-state index contributed by atoms with van der Waals surface area (Å²) in [5, 5.41) is 37.9. The highest BCUT2D eigenvalue weighted by atomic mass is 79.9. The van der Waals surface area contributed by atoms with E-state index in [4.69, 9.17) is 23.8 Å². The van der Waals surface area contributed by atoms with Gasteiger partial charge in [-0.3, -0.25) is 0 Å². The van der Waals surface area contributed by atoms with Crippen LogP contribution in [-0.2, 0) is 4.52 Å². The molecule has 5 unspecified atom stereocenters. The fourth-order valence-electron chi connectivity index (χ4n) is 4.53. The van der Waals surface area contributed by atoms with Crippen LogP contribution in [0.5, 0.6) is 17.2 Å². The lowest BCUT2D eigenvalue weighted by atomic mass is 10.0. The van der Waals surface area contributed by atoms with Gasteiger partial charge in [0.25, 0.3) is 0 Å². The van der Waals surface area contributed by atoms with Gasteiger partial charge in [-0.1, -0.05) is 36.7 Å². The number of benzene rings is 3. The van der Waals surface area contributed by atoms with Crippen LogP contribution in [0, 0.1) is 53.0 Å². The highest BCUT2D eigenvalue weighted by Crippen LogP contribution is 2.16. The molecule has 0 aromatic heterocycles. The molecule has 0 bridgehead atoms. The number of hydrogen-bond acceptors (Lipinski definition) is 8. The predicted molar refractivity (Wildman–Crippen MR) is 228 cm³/mol. The Labute approximate surface area is 349 Å². The third-order valence-electron chi connectivity index (χ3n) is 7.81. The van der Waals surface area contributed by atoms with Gasteiger partial charge < -0.3 is 39.2 Å². The van der Waals surface area contributed by atoms with Crippen molar-refractivity contribution in [1.29, 1.82) is 0 Å². The fraction of sp³-hybridized carbons (Fsp3) is 0.500. The number of rotatable bonds is 21. The molecule has 0 radical (unpaired) electrons. The van der Waals surface area contributed by atoms with Gasteiger partial charge in [0.1, 0.15) is 54.5 Å². The molecular weight excluding hydrogens is 824 g/mol. The molecule has 3 aromatic rings. The number of aliphatic hydroxyl groups excluding tert-OH is 4. The van der Waals surface area contributed by atoms with Gasteiger partial charge in [-0.15, -0.1) is 23.7 Å². The zero-order valence-corrected chi connectivity index (χ0v) is 35.8. The van der Waals surface area contributed by atoms with Gasteiger partial charge in [0.05, 0.1) is 31.5 Å². The van der Waals surface area contributed by atoms with Crippen molar-refractivity contribution in [2.24, 2.45) is 11.8 Å². The fourth-order valence-corrected chi connectivity index (χ4v) is 4.91. The van der Waals surface area contributed by atoms with Crippen LogP contribution in [0.15, 0.2) is 72.8 Å². The topological polar surface area (TPSA) is 118 Å². The summed E-state index contributed by atoms with van der Waals surface area (Å²) in [7, 11) is 2.20. The maximum absolute atomic E-state index is 12.7. The minimum atomic E-state index is -0.567. The SMILES string of the molecule is CC(Br)CC[C@H](O)COc1ccc(F)cc1.CC(C#CCCO)CC[C@H](O)COc1ccc(F)cc1.CC(C#CCCOP)CCC(O)COc1ccc(F)cc1.[3HH]. The van der Waals surface area contributed by atoms with Crippen molar-refractivity contribution < 1.29 is 53.8 Å². The quantitative estimate of drug-likeness (QED) is 0.0363. The molecule has 0 spiro atoms. The molecule has 57 heavy (non-hydrogen) atoms. The molecule has 0 saturated carbocycles. The van der Waals surface area contributed by atoms with Crippen LogP contribution in [0.25, 0.3) is 0 Å². The van der Waals surface area contributed by atoms with Crippen molar-refractivity contribution in [2.45, 2.75) is 95.3 Å². The molecule has 0 fully saturated rings. The summed E-state index contributed by atoms with van der Waals surface area (Å²) in [6.07, 6.45) is 3.98. The predicted octanol–water partition coefficient (Wildman–Crippen LogP) is 8.92. The summed E-state index contributed by atoms with van der Waals surface area (Å²) in [6.45, 7) is 7.36. The summed E-state index contributed by atoms with van der Waals surface area (Å²) < 4.78 is 58.9. The average Bonchev–Trinajstić information content (AvgIpc) is 3.20. The molecule has 0 aliphatic carbocycles. The van der Waals surface area contributed by atoms with Crippen LogP contribution in [0.1, 0.15) is 73.6 Å². The summed E-state index contributed by atoms with van der Waals surface area (Å²) >= 11 is 3.41. The monoisotopic (exact) mass is 886 g/mol. The van der Waals surface area contributed by atoms with E-state index in [9.17, 15) is 28.5 Å². The second kappa shape index (κ2) is 32.6. The van der Waals surface area contributed by atoms with Crippen LogP contribution < -0.4 is 14.2 Å². The van der Waals surface area contributed by atoms with E-state index in [0.717, 1.165) is 19.3 Å². The molecule has 3 rings (SSSR count). The van der Waals surface area contributed by atoms with Crippen LogP contribution >= 0.6 is 25.4 Å². The van der Waals surface area contributed by atoms with E-state index in [1.165, 1.54) is 48.5 Å². The van der Waals surface area contributed by atoms with Crippen molar-refractivity contribution in [2.75, 3.05) is 33.0 Å². The number of aliphatic hydroxyl groups is 4. The minimum absolute atomic E-state index is 0. The molecule has 0 aliphatic rings. The molecule has 3 aromatic carbocycles. The molecule has 4 N–H and O–H groups in total. The minimum Gasteiger partial charge on any atom is -0.491 e. The van der Waals surface area contributed by atoms with E-state index in [-0.39, 0.29) is 57.1 Å². The molecular formula is C44H61BrF3O8P. The number of hydrogen-bond donors (Lipinski definition) is 4. The first-order valence-corrected chi connectivity index (χ1v) is 20.4. The van der Waals surface area contributed by atoms with E-state index in [2.05, 4.69) is 49.1 Å². The van der Waals surface area contributed by atoms with Gasteiger partial charge in [0.2, 0.25) is 0 Å².